The molecule has 0 aliphatic carbocycles. The summed E-state index contributed by atoms with van der Waals surface area (Å²) in [7, 11) is -4.74. The topological polar surface area (TPSA) is 94.8 Å². The van der Waals surface area contributed by atoms with Crippen molar-refractivity contribution in [1.29, 1.82) is 0 Å². The molecule has 0 saturated heterocycles. The van der Waals surface area contributed by atoms with E-state index in [9.17, 15) is 26.8 Å². The predicted molar refractivity (Wildman–Crippen MR) is 95.0 cm³/mol. The van der Waals surface area contributed by atoms with Crippen LogP contribution in [-0.4, -0.2) is 29.5 Å². The summed E-state index contributed by atoms with van der Waals surface area (Å²) in [5.74, 6) is -4.36. The number of benzene rings is 1. The molecule has 3 rings (SSSR count). The predicted octanol–water partition coefficient (Wildman–Crippen LogP) is 2.36. The van der Waals surface area contributed by atoms with Crippen LogP contribution in [0.2, 0.25) is 0 Å². The van der Waals surface area contributed by atoms with Gasteiger partial charge in [0.25, 0.3) is 5.56 Å². The Labute approximate surface area is 158 Å². The van der Waals surface area contributed by atoms with Crippen molar-refractivity contribution in [1.82, 2.24) is 9.38 Å². The Kier molecular flexibility index (Phi) is 5.23. The summed E-state index contributed by atoms with van der Waals surface area (Å²) >= 11 is 0. The maximum atomic E-state index is 12.5. The number of aryl methyl sites for hydroxylation is 1. The number of nitrogens with zero attached hydrogens (tertiary/aromatic N) is 2. The van der Waals surface area contributed by atoms with Crippen LogP contribution in [0.1, 0.15) is 21.6 Å². The van der Waals surface area contributed by atoms with Gasteiger partial charge in [0.2, 0.25) is 9.84 Å². The molecule has 7 nitrogen and oxygen atoms in total. The van der Waals surface area contributed by atoms with Crippen LogP contribution in [0.3, 0.4) is 0 Å². The highest BCUT2D eigenvalue weighted by Gasteiger charge is 2.26. The van der Waals surface area contributed by atoms with Crippen LogP contribution in [0.15, 0.2) is 58.4 Å². The Balaban J connectivity index is 1.75. The van der Waals surface area contributed by atoms with Crippen LogP contribution in [0.5, 0.6) is 0 Å². The van der Waals surface area contributed by atoms with Crippen molar-refractivity contribution in [3.05, 3.63) is 75.8 Å². The zero-order valence-corrected chi connectivity index (χ0v) is 15.3. The van der Waals surface area contributed by atoms with Crippen molar-refractivity contribution < 1.29 is 26.7 Å². The van der Waals surface area contributed by atoms with Gasteiger partial charge in [-0.15, -0.1) is 0 Å². The second-order valence-electron chi connectivity index (χ2n) is 5.93. The molecule has 3 aromatic rings. The standard InChI is InChI=1S/C18H14F2N2O5S/c1-11-2-7-15-21-13(8-16(23)22(15)9-11)10-27-17(24)12-3-5-14(6-4-12)28(25,26)18(19)20/h2-9,18H,10H2,1H3. The number of aromatic nitrogens is 2. The zero-order chi connectivity index (χ0) is 20.5. The van der Waals surface area contributed by atoms with Gasteiger partial charge in [-0.25, -0.2) is 18.2 Å². The first-order valence-corrected chi connectivity index (χ1v) is 9.51. The smallest absolute Gasteiger partial charge is 0.341 e. The zero-order valence-electron chi connectivity index (χ0n) is 14.5. The van der Waals surface area contributed by atoms with E-state index in [0.29, 0.717) is 5.65 Å². The van der Waals surface area contributed by atoms with Crippen LogP contribution in [0, 0.1) is 6.92 Å². The van der Waals surface area contributed by atoms with E-state index < -0.39 is 26.5 Å². The van der Waals surface area contributed by atoms with Gasteiger partial charge in [-0.05, 0) is 42.8 Å². The van der Waals surface area contributed by atoms with Gasteiger partial charge in [-0.1, -0.05) is 6.07 Å². The minimum absolute atomic E-state index is 0.0265. The molecule has 1 aromatic carbocycles. The van der Waals surface area contributed by atoms with Crippen molar-refractivity contribution >= 4 is 21.5 Å². The van der Waals surface area contributed by atoms with Crippen molar-refractivity contribution in [2.45, 2.75) is 24.2 Å². The van der Waals surface area contributed by atoms with Crippen molar-refractivity contribution in [3.63, 3.8) is 0 Å². The molecular weight excluding hydrogens is 394 g/mol. The maximum absolute atomic E-state index is 12.5. The molecule has 10 heteroatoms. The highest BCUT2D eigenvalue weighted by Crippen LogP contribution is 2.19. The lowest BCUT2D eigenvalue weighted by Crippen LogP contribution is -2.17. The first-order chi connectivity index (χ1) is 13.2. The summed E-state index contributed by atoms with van der Waals surface area (Å²) in [4.78, 5) is 27.8. The fraction of sp³-hybridized carbons (Fsp3) is 0.167. The number of fused-ring (bicyclic) bond motifs is 1. The second-order valence-corrected chi connectivity index (χ2v) is 7.84. The van der Waals surface area contributed by atoms with E-state index in [-0.39, 0.29) is 23.4 Å². The number of carbonyl (C=O) groups is 1. The van der Waals surface area contributed by atoms with E-state index in [1.54, 1.807) is 18.3 Å². The van der Waals surface area contributed by atoms with Gasteiger partial charge in [0.15, 0.2) is 0 Å². The molecule has 0 aliphatic rings. The molecule has 2 aromatic heterocycles. The molecular formula is C18H14F2N2O5S. The number of sulfone groups is 1. The van der Waals surface area contributed by atoms with Gasteiger partial charge < -0.3 is 4.74 Å². The average Bonchev–Trinajstić information content (AvgIpc) is 2.66. The molecule has 0 fully saturated rings. The van der Waals surface area contributed by atoms with E-state index in [4.69, 9.17) is 4.74 Å². The monoisotopic (exact) mass is 408 g/mol. The van der Waals surface area contributed by atoms with E-state index in [2.05, 4.69) is 4.98 Å². The fourth-order valence-corrected chi connectivity index (χ4v) is 3.16. The Morgan fingerprint density at radius 2 is 1.86 bits per heavy atom. The molecule has 0 N–H and O–H groups in total. The number of hydrogen-bond acceptors (Lipinski definition) is 6. The van der Waals surface area contributed by atoms with Crippen LogP contribution < -0.4 is 5.56 Å². The Morgan fingerprint density at radius 1 is 1.18 bits per heavy atom. The van der Waals surface area contributed by atoms with Gasteiger partial charge in [-0.2, -0.15) is 8.78 Å². The van der Waals surface area contributed by atoms with Gasteiger partial charge in [-0.3, -0.25) is 9.20 Å². The number of ether oxygens (including phenoxy) is 1. The summed E-state index contributed by atoms with van der Waals surface area (Å²) in [6.45, 7) is 1.55. The molecule has 0 spiro atoms. The minimum Gasteiger partial charge on any atom is -0.456 e. The molecule has 146 valence electrons. The van der Waals surface area contributed by atoms with E-state index in [1.165, 1.54) is 10.5 Å². The summed E-state index contributed by atoms with van der Waals surface area (Å²) < 4.78 is 54.2. The molecule has 2 heterocycles. The Bertz CT molecular complexity index is 1200. The van der Waals surface area contributed by atoms with E-state index in [0.717, 1.165) is 29.8 Å². The minimum atomic E-state index is -4.74. The van der Waals surface area contributed by atoms with Gasteiger partial charge in [0, 0.05) is 12.3 Å². The van der Waals surface area contributed by atoms with E-state index in [1.807, 2.05) is 6.92 Å². The summed E-state index contributed by atoms with van der Waals surface area (Å²) in [5, 5.41) is 0. The first-order valence-electron chi connectivity index (χ1n) is 7.96. The molecule has 0 radical (unpaired) electrons. The molecule has 0 bridgehead atoms. The second kappa shape index (κ2) is 7.47. The third-order valence-corrected chi connectivity index (χ3v) is 5.26. The number of rotatable bonds is 5. The highest BCUT2D eigenvalue weighted by molar-refractivity contribution is 7.91. The van der Waals surface area contributed by atoms with Crippen LogP contribution >= 0.6 is 0 Å². The molecule has 0 saturated carbocycles. The largest absolute Gasteiger partial charge is 0.456 e. The first kappa shape index (κ1) is 19.6. The van der Waals surface area contributed by atoms with Crippen molar-refractivity contribution in [2.75, 3.05) is 0 Å². The van der Waals surface area contributed by atoms with Crippen LogP contribution in [0.25, 0.3) is 5.65 Å². The third kappa shape index (κ3) is 3.91. The van der Waals surface area contributed by atoms with Gasteiger partial charge >= 0.3 is 11.7 Å². The lowest BCUT2D eigenvalue weighted by molar-refractivity contribution is 0.0467. The van der Waals surface area contributed by atoms with Crippen LogP contribution in [0.4, 0.5) is 8.78 Å². The summed E-state index contributed by atoms with van der Waals surface area (Å²) in [6, 6.07) is 8.63. The number of pyridine rings is 1. The Hall–Kier alpha value is -3.14. The van der Waals surface area contributed by atoms with Gasteiger partial charge in [0.1, 0.15) is 12.3 Å². The lowest BCUT2D eigenvalue weighted by atomic mass is 10.2. The normalized spacial score (nSPS) is 11.7. The van der Waals surface area contributed by atoms with Crippen molar-refractivity contribution in [2.24, 2.45) is 0 Å². The average molecular weight is 408 g/mol. The molecule has 0 atom stereocenters. The van der Waals surface area contributed by atoms with Crippen LogP contribution in [-0.2, 0) is 21.2 Å². The highest BCUT2D eigenvalue weighted by atomic mass is 32.2. The maximum Gasteiger partial charge on any atom is 0.341 e. The number of halogens is 2. The Morgan fingerprint density at radius 3 is 2.50 bits per heavy atom. The summed E-state index contributed by atoms with van der Waals surface area (Å²) in [5.41, 5.74) is 1.15. The quantitative estimate of drug-likeness (QED) is 0.602. The number of hydrogen-bond donors (Lipinski definition) is 0. The SMILES string of the molecule is Cc1ccc2nc(COC(=O)c3ccc(S(=O)(=O)C(F)F)cc3)cc(=O)n2c1. The summed E-state index contributed by atoms with van der Waals surface area (Å²) in [6.07, 6.45) is 1.63. The molecule has 0 aliphatic heterocycles. The van der Waals surface area contributed by atoms with Crippen molar-refractivity contribution in [3.8, 4) is 0 Å². The number of carbonyl (C=O) groups excluding carboxylic acids is 1. The lowest BCUT2D eigenvalue weighted by Gasteiger charge is -2.07. The molecule has 0 amide bonds. The molecule has 28 heavy (non-hydrogen) atoms. The van der Waals surface area contributed by atoms with E-state index >= 15 is 0 Å². The molecule has 0 unspecified atom stereocenters. The fourth-order valence-electron chi connectivity index (χ4n) is 2.44. The number of alkyl halides is 2. The van der Waals surface area contributed by atoms with Gasteiger partial charge in [0.05, 0.1) is 16.2 Å². The number of esters is 1. The third-order valence-electron chi connectivity index (χ3n) is 3.86.